The molecule has 194 valence electrons. The maximum Gasteiger partial charge on any atom is 0.222 e. The lowest BCUT2D eigenvalue weighted by Crippen LogP contribution is -2.38. The SMILES string of the molecule is CCCC[C@H](C)Cc1ccc(CN=Cc2nc(N)nc(N(CCCC)C(C)CO)c2N)c(OC)c1. The van der Waals surface area contributed by atoms with Crippen LogP contribution in [-0.4, -0.2) is 47.6 Å². The molecule has 1 heterocycles. The molecule has 2 atom stereocenters. The minimum Gasteiger partial charge on any atom is -0.496 e. The monoisotopic (exact) mass is 484 g/mol. The number of nitrogens with zero attached hydrogens (tertiary/aromatic N) is 4. The van der Waals surface area contributed by atoms with Gasteiger partial charge in [-0.2, -0.15) is 4.98 Å². The number of anilines is 3. The summed E-state index contributed by atoms with van der Waals surface area (Å²) in [5.74, 6) is 2.14. The number of aliphatic hydroxyl groups excluding tert-OH is 1. The number of rotatable bonds is 15. The summed E-state index contributed by atoms with van der Waals surface area (Å²) in [5.41, 5.74) is 15.6. The number of aromatic nitrogens is 2. The van der Waals surface area contributed by atoms with Gasteiger partial charge in [-0.3, -0.25) is 4.99 Å². The highest BCUT2D eigenvalue weighted by Crippen LogP contribution is 2.27. The van der Waals surface area contributed by atoms with Gasteiger partial charge in [0, 0.05) is 18.3 Å². The third-order valence-electron chi connectivity index (χ3n) is 6.25. The second kappa shape index (κ2) is 14.5. The quantitative estimate of drug-likeness (QED) is 0.315. The zero-order chi connectivity index (χ0) is 25.8. The summed E-state index contributed by atoms with van der Waals surface area (Å²) in [7, 11) is 1.69. The fourth-order valence-corrected chi connectivity index (χ4v) is 4.11. The molecule has 1 aromatic heterocycles. The Morgan fingerprint density at radius 1 is 1.14 bits per heavy atom. The molecule has 1 aromatic carbocycles. The molecular formula is C27H44N6O2. The van der Waals surface area contributed by atoms with Crippen LogP contribution in [0, 0.1) is 5.92 Å². The van der Waals surface area contributed by atoms with Gasteiger partial charge in [0.25, 0.3) is 0 Å². The largest absolute Gasteiger partial charge is 0.496 e. The Balaban J connectivity index is 2.21. The first-order valence-corrected chi connectivity index (χ1v) is 12.8. The first kappa shape index (κ1) is 28.4. The van der Waals surface area contributed by atoms with Gasteiger partial charge in [-0.05, 0) is 37.3 Å². The fraction of sp³-hybridized carbons (Fsp3) is 0.593. The molecule has 5 N–H and O–H groups in total. The average molecular weight is 485 g/mol. The van der Waals surface area contributed by atoms with Crippen LogP contribution in [0.5, 0.6) is 5.75 Å². The molecule has 2 aromatic rings. The van der Waals surface area contributed by atoms with Crippen molar-refractivity contribution in [2.45, 2.75) is 78.8 Å². The zero-order valence-electron chi connectivity index (χ0n) is 22.1. The van der Waals surface area contributed by atoms with Gasteiger partial charge in [0.1, 0.15) is 17.1 Å². The Morgan fingerprint density at radius 3 is 2.54 bits per heavy atom. The van der Waals surface area contributed by atoms with Gasteiger partial charge in [0.05, 0.1) is 26.3 Å². The number of hydrogen-bond donors (Lipinski definition) is 3. The predicted octanol–water partition coefficient (Wildman–Crippen LogP) is 4.62. The van der Waals surface area contributed by atoms with Crippen molar-refractivity contribution in [3.63, 3.8) is 0 Å². The standard InChI is InChI=1S/C27H44N6O2/c1-6-8-10-19(3)14-21-11-12-22(24(15-21)35-5)16-30-17-23-25(28)26(32-27(29)31-23)33(13-9-7-2)20(4)18-34/h11-12,15,17,19-20,34H,6-10,13-14,16,18,28H2,1-5H3,(H2,29,31,32)/t19-,20?/m0/s1. The number of nitrogen functional groups attached to an aromatic ring is 2. The van der Waals surface area contributed by atoms with E-state index in [1.54, 1.807) is 13.3 Å². The number of aliphatic hydroxyl groups is 1. The summed E-state index contributed by atoms with van der Waals surface area (Å²) in [6, 6.07) is 6.21. The zero-order valence-corrected chi connectivity index (χ0v) is 22.1. The number of methoxy groups -OCH3 is 1. The molecule has 2 rings (SSSR count). The fourth-order valence-electron chi connectivity index (χ4n) is 4.11. The highest BCUT2D eigenvalue weighted by atomic mass is 16.5. The molecule has 0 radical (unpaired) electrons. The molecule has 0 fully saturated rings. The van der Waals surface area contributed by atoms with Crippen molar-refractivity contribution in [3.8, 4) is 5.75 Å². The molecule has 0 saturated carbocycles. The molecule has 0 saturated heterocycles. The predicted molar refractivity (Wildman–Crippen MR) is 146 cm³/mol. The summed E-state index contributed by atoms with van der Waals surface area (Å²) >= 11 is 0. The van der Waals surface area contributed by atoms with Crippen LogP contribution < -0.4 is 21.1 Å². The van der Waals surface area contributed by atoms with E-state index in [0.29, 0.717) is 29.7 Å². The number of aliphatic imine (C=N–C) groups is 1. The van der Waals surface area contributed by atoms with Crippen molar-refractivity contribution in [1.29, 1.82) is 0 Å². The summed E-state index contributed by atoms with van der Waals surface area (Å²) in [6.07, 6.45) is 8.37. The molecule has 0 spiro atoms. The molecular weight excluding hydrogens is 440 g/mol. The Labute approximate surface area is 210 Å². The second-order valence-electron chi connectivity index (χ2n) is 9.35. The van der Waals surface area contributed by atoms with Crippen LogP contribution >= 0.6 is 0 Å². The maximum absolute atomic E-state index is 9.72. The van der Waals surface area contributed by atoms with Crippen molar-refractivity contribution in [3.05, 3.63) is 35.0 Å². The van der Waals surface area contributed by atoms with Crippen LogP contribution in [0.4, 0.5) is 17.5 Å². The molecule has 0 aliphatic rings. The van der Waals surface area contributed by atoms with E-state index in [1.807, 2.05) is 11.8 Å². The molecule has 8 heteroatoms. The number of nitrogens with two attached hydrogens (primary N) is 2. The van der Waals surface area contributed by atoms with Crippen molar-refractivity contribution in [1.82, 2.24) is 9.97 Å². The lowest BCUT2D eigenvalue weighted by Gasteiger charge is -2.30. The molecule has 1 unspecified atom stereocenters. The minimum absolute atomic E-state index is 0.0103. The van der Waals surface area contributed by atoms with Crippen molar-refractivity contribution >= 4 is 23.7 Å². The topological polar surface area (TPSA) is 123 Å². The lowest BCUT2D eigenvalue weighted by atomic mass is 9.95. The van der Waals surface area contributed by atoms with Crippen LogP contribution in [0.1, 0.15) is 76.6 Å². The maximum atomic E-state index is 9.72. The number of benzene rings is 1. The van der Waals surface area contributed by atoms with Gasteiger partial charge >= 0.3 is 0 Å². The van der Waals surface area contributed by atoms with Gasteiger partial charge in [0.15, 0.2) is 5.82 Å². The Hall–Kier alpha value is -2.87. The molecule has 0 bridgehead atoms. The van der Waals surface area contributed by atoms with Crippen LogP contribution in [0.3, 0.4) is 0 Å². The summed E-state index contributed by atoms with van der Waals surface area (Å²) in [4.78, 5) is 15.2. The molecule has 0 aliphatic heterocycles. The first-order valence-electron chi connectivity index (χ1n) is 12.8. The van der Waals surface area contributed by atoms with E-state index in [0.717, 1.165) is 37.1 Å². The van der Waals surface area contributed by atoms with E-state index >= 15 is 0 Å². The van der Waals surface area contributed by atoms with Crippen LogP contribution in [0.25, 0.3) is 0 Å². The Morgan fingerprint density at radius 2 is 1.89 bits per heavy atom. The molecule has 8 nitrogen and oxygen atoms in total. The number of unbranched alkanes of at least 4 members (excludes halogenated alkanes) is 2. The third kappa shape index (κ3) is 8.38. The van der Waals surface area contributed by atoms with Crippen LogP contribution in [0.2, 0.25) is 0 Å². The van der Waals surface area contributed by atoms with E-state index in [4.69, 9.17) is 16.2 Å². The van der Waals surface area contributed by atoms with Crippen LogP contribution in [0.15, 0.2) is 23.2 Å². The van der Waals surface area contributed by atoms with Gasteiger partial charge < -0.3 is 26.2 Å². The minimum atomic E-state index is -0.143. The average Bonchev–Trinajstić information content (AvgIpc) is 2.85. The molecule has 0 amide bonds. The van der Waals surface area contributed by atoms with Gasteiger partial charge in [-0.25, -0.2) is 4.98 Å². The normalized spacial score (nSPS) is 13.2. The van der Waals surface area contributed by atoms with E-state index in [-0.39, 0.29) is 18.6 Å². The smallest absolute Gasteiger partial charge is 0.222 e. The van der Waals surface area contributed by atoms with Gasteiger partial charge in [-0.15, -0.1) is 0 Å². The van der Waals surface area contributed by atoms with Crippen molar-refractivity contribution in [2.75, 3.05) is 36.6 Å². The van der Waals surface area contributed by atoms with E-state index in [2.05, 4.69) is 53.9 Å². The molecule has 35 heavy (non-hydrogen) atoms. The lowest BCUT2D eigenvalue weighted by molar-refractivity contribution is 0.266. The second-order valence-corrected chi connectivity index (χ2v) is 9.35. The van der Waals surface area contributed by atoms with Gasteiger partial charge in [-0.1, -0.05) is 58.6 Å². The summed E-state index contributed by atoms with van der Waals surface area (Å²) < 4.78 is 5.65. The van der Waals surface area contributed by atoms with Crippen molar-refractivity contribution < 1.29 is 9.84 Å². The van der Waals surface area contributed by atoms with Crippen molar-refractivity contribution in [2.24, 2.45) is 10.9 Å². The summed E-state index contributed by atoms with van der Waals surface area (Å²) in [5, 5.41) is 9.72. The Bertz CT molecular complexity index is 950. The van der Waals surface area contributed by atoms with E-state index < -0.39 is 0 Å². The Kier molecular flexibility index (Phi) is 11.8. The highest BCUT2D eigenvalue weighted by molar-refractivity contribution is 5.89. The van der Waals surface area contributed by atoms with Gasteiger partial charge in [0.2, 0.25) is 5.95 Å². The number of ether oxygens (including phenoxy) is 1. The molecule has 0 aliphatic carbocycles. The van der Waals surface area contributed by atoms with E-state index in [9.17, 15) is 5.11 Å². The van der Waals surface area contributed by atoms with E-state index in [1.165, 1.54) is 24.8 Å². The van der Waals surface area contributed by atoms with Crippen LogP contribution in [-0.2, 0) is 13.0 Å². The third-order valence-corrected chi connectivity index (χ3v) is 6.25. The first-order chi connectivity index (χ1) is 16.8. The highest BCUT2D eigenvalue weighted by Gasteiger charge is 2.20. The summed E-state index contributed by atoms with van der Waals surface area (Å²) in [6.45, 7) is 9.72. The number of hydrogen-bond acceptors (Lipinski definition) is 8.